The second-order valence-corrected chi connectivity index (χ2v) is 6.51. The van der Waals surface area contributed by atoms with Gasteiger partial charge in [-0.2, -0.15) is 0 Å². The van der Waals surface area contributed by atoms with Gasteiger partial charge in [0.25, 0.3) is 0 Å². The molecule has 1 aliphatic rings. The smallest absolute Gasteiger partial charge is 0.312 e. The van der Waals surface area contributed by atoms with E-state index in [2.05, 4.69) is 15.9 Å². The topological polar surface area (TPSA) is 72.6 Å². The first-order valence-electron chi connectivity index (χ1n) is 7.27. The average molecular weight is 358 g/mol. The number of aliphatic hydroxyl groups is 1. The second-order valence-electron chi connectivity index (χ2n) is 5.59. The summed E-state index contributed by atoms with van der Waals surface area (Å²) in [6.07, 6.45) is 5.04. The largest absolute Gasteiger partial charge is 0.486 e. The Labute approximate surface area is 132 Å². The summed E-state index contributed by atoms with van der Waals surface area (Å²) in [6.45, 7) is 2.06. The fourth-order valence-electron chi connectivity index (χ4n) is 2.76. The van der Waals surface area contributed by atoms with Crippen LogP contribution in [0.3, 0.4) is 0 Å². The number of benzene rings is 1. The lowest BCUT2D eigenvalue weighted by molar-refractivity contribution is -0.386. The average Bonchev–Trinajstić information content (AvgIpc) is 2.46. The highest BCUT2D eigenvalue weighted by Crippen LogP contribution is 2.38. The number of halogens is 1. The molecule has 21 heavy (non-hydrogen) atoms. The number of hydrogen-bond acceptors (Lipinski definition) is 4. The Kier molecular flexibility index (Phi) is 5.58. The Hall–Kier alpha value is -1.14. The molecule has 1 N–H and O–H groups in total. The number of nitro groups is 1. The van der Waals surface area contributed by atoms with Crippen molar-refractivity contribution in [2.75, 3.05) is 6.61 Å². The summed E-state index contributed by atoms with van der Waals surface area (Å²) in [4.78, 5) is 10.8. The van der Waals surface area contributed by atoms with E-state index in [4.69, 9.17) is 4.74 Å². The lowest BCUT2D eigenvalue weighted by atomic mass is 9.90. The Bertz CT molecular complexity index is 513. The molecule has 0 amide bonds. The Morgan fingerprint density at radius 2 is 2.10 bits per heavy atom. The molecule has 0 saturated heterocycles. The van der Waals surface area contributed by atoms with Crippen LogP contribution in [0.25, 0.3) is 0 Å². The third kappa shape index (κ3) is 4.17. The molecule has 1 aromatic carbocycles. The molecule has 0 bridgehead atoms. The molecule has 2 rings (SSSR count). The summed E-state index contributed by atoms with van der Waals surface area (Å²) >= 11 is 3.24. The van der Waals surface area contributed by atoms with Crippen LogP contribution in [0.15, 0.2) is 16.6 Å². The number of aliphatic hydroxyl groups excluding tert-OH is 1. The van der Waals surface area contributed by atoms with Gasteiger partial charge in [-0.1, -0.05) is 35.2 Å². The highest BCUT2D eigenvalue weighted by Gasteiger charge is 2.24. The third-order valence-corrected chi connectivity index (χ3v) is 4.36. The second kappa shape index (κ2) is 7.22. The van der Waals surface area contributed by atoms with Gasteiger partial charge in [0.2, 0.25) is 5.75 Å². The lowest BCUT2D eigenvalue weighted by Gasteiger charge is -2.22. The first-order valence-corrected chi connectivity index (χ1v) is 8.07. The van der Waals surface area contributed by atoms with E-state index in [1.807, 2.05) is 0 Å². The van der Waals surface area contributed by atoms with E-state index in [0.29, 0.717) is 22.6 Å². The van der Waals surface area contributed by atoms with Gasteiger partial charge in [0.05, 0.1) is 17.6 Å². The van der Waals surface area contributed by atoms with Gasteiger partial charge in [-0.25, -0.2) is 0 Å². The molecule has 116 valence electrons. The van der Waals surface area contributed by atoms with Crippen molar-refractivity contribution in [3.63, 3.8) is 0 Å². The van der Waals surface area contributed by atoms with E-state index in [1.165, 1.54) is 25.3 Å². The van der Waals surface area contributed by atoms with Crippen LogP contribution in [0.5, 0.6) is 5.75 Å². The van der Waals surface area contributed by atoms with E-state index < -0.39 is 11.0 Å². The van der Waals surface area contributed by atoms with Crippen LogP contribution < -0.4 is 4.74 Å². The van der Waals surface area contributed by atoms with Crippen molar-refractivity contribution in [2.45, 2.75) is 45.1 Å². The zero-order valence-electron chi connectivity index (χ0n) is 12.0. The predicted molar refractivity (Wildman–Crippen MR) is 83.5 cm³/mol. The highest BCUT2D eigenvalue weighted by molar-refractivity contribution is 9.10. The summed E-state index contributed by atoms with van der Waals surface area (Å²) in [5.74, 6) is 0.646. The third-order valence-electron chi connectivity index (χ3n) is 3.90. The van der Waals surface area contributed by atoms with Crippen LogP contribution in [-0.4, -0.2) is 16.6 Å². The first kappa shape index (κ1) is 16.2. The highest BCUT2D eigenvalue weighted by atomic mass is 79.9. The molecule has 1 fully saturated rings. The molecule has 1 atom stereocenters. The quantitative estimate of drug-likeness (QED) is 0.627. The molecule has 5 nitrogen and oxygen atoms in total. The Balaban J connectivity index is 2.24. The minimum absolute atomic E-state index is 0.101. The van der Waals surface area contributed by atoms with Crippen molar-refractivity contribution in [2.24, 2.45) is 5.92 Å². The first-order chi connectivity index (χ1) is 9.99. The van der Waals surface area contributed by atoms with Gasteiger partial charge >= 0.3 is 5.69 Å². The van der Waals surface area contributed by atoms with Gasteiger partial charge in [-0.15, -0.1) is 0 Å². The molecule has 1 aromatic rings. The van der Waals surface area contributed by atoms with Gasteiger partial charge in [0.15, 0.2) is 0 Å². The number of nitro benzene ring substituents is 1. The van der Waals surface area contributed by atoms with E-state index in [9.17, 15) is 15.2 Å². The molecular weight excluding hydrogens is 338 g/mol. The summed E-state index contributed by atoms with van der Waals surface area (Å²) in [7, 11) is 0. The maximum Gasteiger partial charge on any atom is 0.312 e. The summed E-state index contributed by atoms with van der Waals surface area (Å²) in [5, 5.41) is 21.1. The standard InChI is InChI=1S/C15H20BrNO4/c1-10(18)13-7-12(16)8-14(17(19)20)15(13)21-9-11-5-3-2-4-6-11/h7-8,10-11,18H,2-6,9H2,1H3/t10-/m0/s1. The Morgan fingerprint density at radius 3 is 2.67 bits per heavy atom. The van der Waals surface area contributed by atoms with Crippen molar-refractivity contribution in [3.8, 4) is 5.75 Å². The van der Waals surface area contributed by atoms with Gasteiger partial charge in [0.1, 0.15) is 0 Å². The molecule has 6 heteroatoms. The van der Waals surface area contributed by atoms with Crippen molar-refractivity contribution in [1.82, 2.24) is 0 Å². The van der Waals surface area contributed by atoms with E-state index in [1.54, 1.807) is 13.0 Å². The molecule has 0 spiro atoms. The zero-order valence-corrected chi connectivity index (χ0v) is 13.6. The van der Waals surface area contributed by atoms with Crippen LogP contribution in [0.2, 0.25) is 0 Å². The molecule has 0 heterocycles. The van der Waals surface area contributed by atoms with Gasteiger partial charge in [-0.3, -0.25) is 10.1 Å². The summed E-state index contributed by atoms with van der Waals surface area (Å²) in [6, 6.07) is 3.09. The van der Waals surface area contributed by atoms with Crippen LogP contribution >= 0.6 is 15.9 Å². The van der Waals surface area contributed by atoms with Crippen LogP contribution in [-0.2, 0) is 0 Å². The number of hydrogen-bond donors (Lipinski definition) is 1. The maximum absolute atomic E-state index is 11.2. The number of rotatable bonds is 5. The van der Waals surface area contributed by atoms with Gasteiger partial charge < -0.3 is 9.84 Å². The fraction of sp³-hybridized carbons (Fsp3) is 0.600. The molecule has 1 aliphatic carbocycles. The van der Waals surface area contributed by atoms with Crippen LogP contribution in [0, 0.1) is 16.0 Å². The van der Waals surface area contributed by atoms with E-state index in [-0.39, 0.29) is 11.4 Å². The van der Waals surface area contributed by atoms with Gasteiger partial charge in [-0.05, 0) is 31.7 Å². The van der Waals surface area contributed by atoms with Crippen molar-refractivity contribution >= 4 is 21.6 Å². The number of nitrogens with zero attached hydrogens (tertiary/aromatic N) is 1. The molecule has 0 aromatic heterocycles. The van der Waals surface area contributed by atoms with Crippen molar-refractivity contribution in [1.29, 1.82) is 0 Å². The van der Waals surface area contributed by atoms with Crippen molar-refractivity contribution in [3.05, 3.63) is 32.3 Å². The fourth-order valence-corrected chi connectivity index (χ4v) is 3.22. The monoisotopic (exact) mass is 357 g/mol. The SMILES string of the molecule is C[C@H](O)c1cc(Br)cc([N+](=O)[O-])c1OCC1CCCCC1. The lowest BCUT2D eigenvalue weighted by Crippen LogP contribution is -2.16. The van der Waals surface area contributed by atoms with Crippen LogP contribution in [0.1, 0.15) is 50.7 Å². The minimum Gasteiger partial charge on any atom is -0.486 e. The van der Waals surface area contributed by atoms with Gasteiger partial charge in [0, 0.05) is 16.1 Å². The summed E-state index contributed by atoms with van der Waals surface area (Å²) < 4.78 is 6.33. The maximum atomic E-state index is 11.2. The number of ether oxygens (including phenoxy) is 1. The van der Waals surface area contributed by atoms with Crippen molar-refractivity contribution < 1.29 is 14.8 Å². The van der Waals surface area contributed by atoms with E-state index >= 15 is 0 Å². The van der Waals surface area contributed by atoms with Crippen LogP contribution in [0.4, 0.5) is 5.69 Å². The zero-order chi connectivity index (χ0) is 15.4. The molecule has 0 unspecified atom stereocenters. The summed E-state index contributed by atoms with van der Waals surface area (Å²) in [5.41, 5.74) is 0.350. The normalized spacial score (nSPS) is 17.5. The predicted octanol–water partition coefficient (Wildman–Crippen LogP) is 4.37. The molecule has 0 aliphatic heterocycles. The van der Waals surface area contributed by atoms with E-state index in [0.717, 1.165) is 12.8 Å². The molecule has 0 radical (unpaired) electrons. The molecular formula is C15H20BrNO4. The minimum atomic E-state index is -0.817. The molecule has 1 saturated carbocycles. The Morgan fingerprint density at radius 1 is 1.43 bits per heavy atom.